The summed E-state index contributed by atoms with van der Waals surface area (Å²) in [6, 6.07) is 24.4. The molecule has 146 valence electrons. The standard InChI is InChI=1S/C28H29N/c1-18-13-24-17-27(29-20(3)26(24)14-19(18)2)23-11-7-9-21(15-23)22-10-8-12-25(16-22)28(4,5)6/h7-17H,1-6H3. The molecule has 0 saturated carbocycles. The molecule has 1 nitrogen and oxygen atoms in total. The molecule has 0 atom stereocenters. The lowest BCUT2D eigenvalue weighted by molar-refractivity contribution is 0.590. The smallest absolute Gasteiger partial charge is 0.0711 e. The van der Waals surface area contributed by atoms with Gasteiger partial charge in [0.2, 0.25) is 0 Å². The van der Waals surface area contributed by atoms with Crippen molar-refractivity contribution >= 4 is 10.8 Å². The number of hydrogen-bond acceptors (Lipinski definition) is 1. The maximum absolute atomic E-state index is 4.93. The first-order chi connectivity index (χ1) is 13.7. The monoisotopic (exact) mass is 379 g/mol. The molecule has 1 aromatic heterocycles. The Bertz CT molecular complexity index is 1210. The fourth-order valence-electron chi connectivity index (χ4n) is 3.86. The SMILES string of the molecule is Cc1cc2cc(-c3cccc(-c4cccc(C(C)(C)C)c4)c3)nc(C)c2cc1C. The summed E-state index contributed by atoms with van der Waals surface area (Å²) in [5.41, 5.74) is 9.89. The first-order valence-electron chi connectivity index (χ1n) is 10.3. The number of fused-ring (bicyclic) bond motifs is 1. The average Bonchev–Trinajstić information content (AvgIpc) is 2.69. The zero-order valence-corrected chi connectivity index (χ0v) is 18.3. The van der Waals surface area contributed by atoms with Crippen molar-refractivity contribution in [2.75, 3.05) is 0 Å². The predicted octanol–water partition coefficient (Wildman–Crippen LogP) is 7.79. The van der Waals surface area contributed by atoms with Gasteiger partial charge in [-0.05, 0) is 77.6 Å². The number of pyridine rings is 1. The molecular formula is C28H29N. The first kappa shape index (κ1) is 19.4. The summed E-state index contributed by atoms with van der Waals surface area (Å²) >= 11 is 0. The fourth-order valence-corrected chi connectivity index (χ4v) is 3.86. The van der Waals surface area contributed by atoms with E-state index in [1.807, 2.05) is 0 Å². The minimum atomic E-state index is 0.140. The fraction of sp³-hybridized carbons (Fsp3) is 0.250. The Balaban J connectivity index is 1.81. The van der Waals surface area contributed by atoms with Crippen molar-refractivity contribution in [1.82, 2.24) is 4.98 Å². The zero-order chi connectivity index (χ0) is 20.8. The first-order valence-corrected chi connectivity index (χ1v) is 10.3. The van der Waals surface area contributed by atoms with Crippen LogP contribution in [-0.2, 0) is 5.41 Å². The van der Waals surface area contributed by atoms with E-state index in [0.717, 1.165) is 17.0 Å². The van der Waals surface area contributed by atoms with Crippen LogP contribution in [0.2, 0.25) is 0 Å². The van der Waals surface area contributed by atoms with Crippen LogP contribution in [0.3, 0.4) is 0 Å². The minimum absolute atomic E-state index is 0.140. The largest absolute Gasteiger partial charge is 0.252 e. The van der Waals surface area contributed by atoms with Crippen molar-refractivity contribution in [2.24, 2.45) is 0 Å². The van der Waals surface area contributed by atoms with Crippen molar-refractivity contribution in [3.63, 3.8) is 0 Å². The Morgan fingerprint density at radius 1 is 0.655 bits per heavy atom. The molecule has 0 aliphatic heterocycles. The molecule has 0 aliphatic rings. The maximum atomic E-state index is 4.93. The molecule has 4 rings (SSSR count). The molecule has 0 aliphatic carbocycles. The molecule has 3 aromatic carbocycles. The third-order valence-electron chi connectivity index (χ3n) is 5.86. The van der Waals surface area contributed by atoms with Gasteiger partial charge in [-0.1, -0.05) is 69.3 Å². The zero-order valence-electron chi connectivity index (χ0n) is 18.3. The molecule has 1 heterocycles. The molecule has 1 heteroatoms. The Kier molecular flexibility index (Phi) is 4.78. The number of rotatable bonds is 2. The van der Waals surface area contributed by atoms with Crippen molar-refractivity contribution in [2.45, 2.75) is 47.0 Å². The second kappa shape index (κ2) is 7.15. The van der Waals surface area contributed by atoms with Gasteiger partial charge in [-0.15, -0.1) is 0 Å². The van der Waals surface area contributed by atoms with Gasteiger partial charge in [0.25, 0.3) is 0 Å². The molecule has 0 spiro atoms. The summed E-state index contributed by atoms with van der Waals surface area (Å²) in [7, 11) is 0. The molecule has 0 amide bonds. The highest BCUT2D eigenvalue weighted by Crippen LogP contribution is 2.31. The van der Waals surface area contributed by atoms with Crippen LogP contribution in [0.1, 0.15) is 43.2 Å². The van der Waals surface area contributed by atoms with Gasteiger partial charge in [0.05, 0.1) is 5.69 Å². The minimum Gasteiger partial charge on any atom is -0.252 e. The quantitative estimate of drug-likeness (QED) is 0.346. The van der Waals surface area contributed by atoms with Crippen LogP contribution in [0.4, 0.5) is 0 Å². The summed E-state index contributed by atoms with van der Waals surface area (Å²) in [5.74, 6) is 0. The molecule has 29 heavy (non-hydrogen) atoms. The van der Waals surface area contributed by atoms with E-state index in [9.17, 15) is 0 Å². The van der Waals surface area contributed by atoms with Gasteiger partial charge in [-0.2, -0.15) is 0 Å². The average molecular weight is 380 g/mol. The van der Waals surface area contributed by atoms with Crippen LogP contribution >= 0.6 is 0 Å². The second-order valence-electron chi connectivity index (χ2n) is 9.16. The summed E-state index contributed by atoms with van der Waals surface area (Å²) in [4.78, 5) is 4.93. The molecule has 0 radical (unpaired) electrons. The van der Waals surface area contributed by atoms with E-state index in [-0.39, 0.29) is 5.41 Å². The highest BCUT2D eigenvalue weighted by atomic mass is 14.7. The number of aromatic nitrogens is 1. The van der Waals surface area contributed by atoms with Gasteiger partial charge in [0, 0.05) is 16.6 Å². The second-order valence-corrected chi connectivity index (χ2v) is 9.16. The van der Waals surface area contributed by atoms with Crippen LogP contribution in [0.15, 0.2) is 66.7 Å². The van der Waals surface area contributed by atoms with Gasteiger partial charge >= 0.3 is 0 Å². The lowest BCUT2D eigenvalue weighted by Gasteiger charge is -2.20. The Labute approximate surface area is 174 Å². The Morgan fingerprint density at radius 3 is 2.00 bits per heavy atom. The Hall–Kier alpha value is -2.93. The van der Waals surface area contributed by atoms with Gasteiger partial charge in [0.15, 0.2) is 0 Å². The van der Waals surface area contributed by atoms with Crippen LogP contribution < -0.4 is 0 Å². The van der Waals surface area contributed by atoms with E-state index in [2.05, 4.69) is 108 Å². The molecule has 0 unspecified atom stereocenters. The highest BCUT2D eigenvalue weighted by Gasteiger charge is 2.14. The van der Waals surface area contributed by atoms with Gasteiger partial charge in [0.1, 0.15) is 0 Å². The number of nitrogens with zero attached hydrogens (tertiary/aromatic N) is 1. The third-order valence-corrected chi connectivity index (χ3v) is 5.86. The normalized spacial score (nSPS) is 11.8. The van der Waals surface area contributed by atoms with Crippen molar-refractivity contribution in [3.8, 4) is 22.4 Å². The molecule has 0 N–H and O–H groups in total. The van der Waals surface area contributed by atoms with E-state index < -0.39 is 0 Å². The van der Waals surface area contributed by atoms with Crippen LogP contribution in [0, 0.1) is 20.8 Å². The Morgan fingerprint density at radius 2 is 1.28 bits per heavy atom. The van der Waals surface area contributed by atoms with Crippen LogP contribution in [0.5, 0.6) is 0 Å². The van der Waals surface area contributed by atoms with Crippen LogP contribution in [-0.4, -0.2) is 4.98 Å². The summed E-state index contributed by atoms with van der Waals surface area (Å²) in [6.07, 6.45) is 0. The number of benzene rings is 3. The topological polar surface area (TPSA) is 12.9 Å². The van der Waals surface area contributed by atoms with Gasteiger partial charge < -0.3 is 0 Å². The van der Waals surface area contributed by atoms with Gasteiger partial charge in [-0.3, -0.25) is 4.98 Å². The number of hydrogen-bond donors (Lipinski definition) is 0. The third kappa shape index (κ3) is 3.82. The van der Waals surface area contributed by atoms with Crippen LogP contribution in [0.25, 0.3) is 33.2 Å². The van der Waals surface area contributed by atoms with Crippen molar-refractivity contribution in [1.29, 1.82) is 0 Å². The predicted molar refractivity (Wildman–Crippen MR) is 126 cm³/mol. The summed E-state index contributed by atoms with van der Waals surface area (Å²) in [6.45, 7) is 13.2. The lowest BCUT2D eigenvalue weighted by atomic mass is 9.85. The summed E-state index contributed by atoms with van der Waals surface area (Å²) < 4.78 is 0. The lowest BCUT2D eigenvalue weighted by Crippen LogP contribution is -2.10. The van der Waals surface area contributed by atoms with Gasteiger partial charge in [-0.25, -0.2) is 0 Å². The highest BCUT2D eigenvalue weighted by molar-refractivity contribution is 5.89. The van der Waals surface area contributed by atoms with E-state index in [1.165, 1.54) is 38.6 Å². The maximum Gasteiger partial charge on any atom is 0.0711 e. The molecule has 0 saturated heterocycles. The van der Waals surface area contributed by atoms with E-state index >= 15 is 0 Å². The van der Waals surface area contributed by atoms with E-state index in [4.69, 9.17) is 4.98 Å². The number of aryl methyl sites for hydroxylation is 3. The van der Waals surface area contributed by atoms with E-state index in [0.29, 0.717) is 0 Å². The molecular weight excluding hydrogens is 350 g/mol. The van der Waals surface area contributed by atoms with Crippen molar-refractivity contribution < 1.29 is 0 Å². The summed E-state index contributed by atoms with van der Waals surface area (Å²) in [5, 5.41) is 2.50. The molecule has 0 bridgehead atoms. The van der Waals surface area contributed by atoms with E-state index in [1.54, 1.807) is 0 Å². The molecule has 4 aromatic rings. The molecule has 0 fully saturated rings. The van der Waals surface area contributed by atoms with Crippen molar-refractivity contribution in [3.05, 3.63) is 89.1 Å².